The van der Waals surface area contributed by atoms with Crippen LogP contribution in [0.15, 0.2) is 0 Å². The summed E-state index contributed by atoms with van der Waals surface area (Å²) < 4.78 is 23.5. The van der Waals surface area contributed by atoms with E-state index in [1.165, 1.54) is 0 Å². The van der Waals surface area contributed by atoms with Crippen molar-refractivity contribution in [2.75, 3.05) is 26.2 Å². The predicted octanol–water partition coefficient (Wildman–Crippen LogP) is -5.87. The van der Waals surface area contributed by atoms with Crippen LogP contribution in [0, 0.1) is 0 Å². The molecule has 0 aromatic heterocycles. The topological polar surface area (TPSA) is 271 Å². The van der Waals surface area contributed by atoms with Crippen molar-refractivity contribution in [1.29, 1.82) is 0 Å². The van der Waals surface area contributed by atoms with Crippen LogP contribution in [-0.4, -0.2) is 142 Å². The number of aliphatic hydroxyl groups excluding tert-OH is 4. The number of nitrogens with two attached hydrogens (primary N) is 5. The fourth-order valence-electron chi connectivity index (χ4n) is 5.71. The Morgan fingerprint density at radius 3 is 2.11 bits per heavy atom. The van der Waals surface area contributed by atoms with Crippen LogP contribution in [0.1, 0.15) is 25.7 Å². The lowest BCUT2D eigenvalue weighted by Crippen LogP contribution is -2.69. The lowest BCUT2D eigenvalue weighted by atomic mass is 9.84. The Morgan fingerprint density at radius 2 is 1.49 bits per heavy atom. The third-order valence-electron chi connectivity index (χ3n) is 7.96. The first kappa shape index (κ1) is 29.4. The molecule has 37 heavy (non-hydrogen) atoms. The van der Waals surface area contributed by atoms with Gasteiger partial charge in [0.1, 0.15) is 54.6 Å². The molecule has 4 fully saturated rings. The van der Waals surface area contributed by atoms with Crippen molar-refractivity contribution in [2.45, 2.75) is 111 Å². The van der Waals surface area contributed by atoms with E-state index in [-0.39, 0.29) is 19.4 Å². The van der Waals surface area contributed by atoms with Gasteiger partial charge in [0.05, 0.1) is 6.04 Å². The summed E-state index contributed by atoms with van der Waals surface area (Å²) in [4.78, 5) is 2.11. The van der Waals surface area contributed by atoms with E-state index < -0.39 is 85.3 Å². The van der Waals surface area contributed by atoms with Gasteiger partial charge in [0.2, 0.25) is 0 Å². The first-order valence-electron chi connectivity index (χ1n) is 13.0. The number of likely N-dealkylation sites (tertiary alicyclic amines) is 1. The maximum Gasteiger partial charge on any atom is 0.176 e. The zero-order valence-electron chi connectivity index (χ0n) is 20.9. The second-order valence-electron chi connectivity index (χ2n) is 10.8. The standard InChI is InChI=1S/C22H44N6O9/c23-7-11-15(29)16(30)14(26)21(35-11)37-19-10(25)5-9(24)18(17(19)31)36-13-6-22(27,33)20(32)12(34-13)8-28-3-1-2-4-28/h9-21,29-33H,1-8,23-27H2/t9-,10+,11-,12-,13-,14-,15-,16-,17-,18+,19-,20-,21-,22-/m1/s1. The zero-order chi connectivity index (χ0) is 27.1. The van der Waals surface area contributed by atoms with Gasteiger partial charge in [0, 0.05) is 31.6 Å². The monoisotopic (exact) mass is 536 g/mol. The molecule has 0 aromatic carbocycles. The normalized spacial score (nSPS) is 51.9. The fourth-order valence-corrected chi connectivity index (χ4v) is 5.71. The number of rotatable bonds is 7. The number of aliphatic hydroxyl groups is 5. The third kappa shape index (κ3) is 6.26. The van der Waals surface area contributed by atoms with Crippen molar-refractivity contribution in [3.8, 4) is 0 Å². The molecule has 216 valence electrons. The van der Waals surface area contributed by atoms with Crippen molar-refractivity contribution in [1.82, 2.24) is 4.90 Å². The number of nitrogens with zero attached hydrogens (tertiary/aromatic N) is 1. The molecule has 15 heteroatoms. The van der Waals surface area contributed by atoms with Crippen LogP contribution in [0.5, 0.6) is 0 Å². The highest BCUT2D eigenvalue weighted by Gasteiger charge is 2.52. The molecule has 3 heterocycles. The van der Waals surface area contributed by atoms with Gasteiger partial charge in [-0.15, -0.1) is 0 Å². The third-order valence-corrected chi connectivity index (χ3v) is 7.96. The molecule has 14 atom stereocenters. The summed E-state index contributed by atoms with van der Waals surface area (Å²) in [5.74, 6) is 0. The van der Waals surface area contributed by atoms with Gasteiger partial charge in [-0.1, -0.05) is 0 Å². The molecule has 0 bridgehead atoms. The highest BCUT2D eigenvalue weighted by Crippen LogP contribution is 2.33. The Hall–Kier alpha value is -0.600. The minimum Gasteiger partial charge on any atom is -0.388 e. The molecule has 4 rings (SSSR count). The van der Waals surface area contributed by atoms with Gasteiger partial charge in [-0.3, -0.25) is 0 Å². The molecule has 15 nitrogen and oxygen atoms in total. The predicted molar refractivity (Wildman–Crippen MR) is 128 cm³/mol. The molecular weight excluding hydrogens is 492 g/mol. The number of hydrogen-bond acceptors (Lipinski definition) is 15. The van der Waals surface area contributed by atoms with Gasteiger partial charge in [-0.2, -0.15) is 0 Å². The van der Waals surface area contributed by atoms with Crippen molar-refractivity contribution in [3.05, 3.63) is 0 Å². The summed E-state index contributed by atoms with van der Waals surface area (Å²) in [6, 6.07) is -2.58. The molecule has 3 aliphatic heterocycles. The van der Waals surface area contributed by atoms with Crippen molar-refractivity contribution in [3.63, 3.8) is 0 Å². The molecule has 1 saturated carbocycles. The van der Waals surface area contributed by atoms with Gasteiger partial charge in [0.25, 0.3) is 0 Å². The summed E-state index contributed by atoms with van der Waals surface area (Å²) in [7, 11) is 0. The molecule has 0 radical (unpaired) electrons. The van der Waals surface area contributed by atoms with Crippen molar-refractivity contribution < 1.29 is 44.5 Å². The van der Waals surface area contributed by atoms with E-state index in [1.54, 1.807) is 0 Å². The average Bonchev–Trinajstić information content (AvgIpc) is 3.35. The van der Waals surface area contributed by atoms with Gasteiger partial charge >= 0.3 is 0 Å². The van der Waals surface area contributed by atoms with E-state index in [4.69, 9.17) is 47.6 Å². The molecule has 15 N–H and O–H groups in total. The summed E-state index contributed by atoms with van der Waals surface area (Å²) in [6.07, 6.45) is -9.46. The minimum absolute atomic E-state index is 0.0911. The van der Waals surface area contributed by atoms with E-state index in [0.717, 1.165) is 25.9 Å². The van der Waals surface area contributed by atoms with Gasteiger partial charge < -0.3 is 78.0 Å². The van der Waals surface area contributed by atoms with E-state index in [2.05, 4.69) is 4.90 Å². The SMILES string of the molecule is NC[C@H]1O[C@H](O[C@H]2[C@H](O)[C@@H](O[C@@H]3C[C@@](N)(O)[C@H](O)[C@@H](CN4CCCC4)O3)[C@H](N)C[C@@H]2N)[C@H](N)[C@@H](O)[C@@H]1O. The Bertz CT molecular complexity index is 747. The van der Waals surface area contributed by atoms with E-state index in [9.17, 15) is 25.5 Å². The lowest BCUT2D eigenvalue weighted by Gasteiger charge is -2.48. The van der Waals surface area contributed by atoms with Crippen molar-refractivity contribution in [2.24, 2.45) is 28.7 Å². The maximum absolute atomic E-state index is 11.2. The second kappa shape index (κ2) is 11.9. The lowest BCUT2D eigenvalue weighted by molar-refractivity contribution is -0.317. The summed E-state index contributed by atoms with van der Waals surface area (Å²) >= 11 is 0. The number of hydrogen-bond donors (Lipinski definition) is 10. The summed E-state index contributed by atoms with van der Waals surface area (Å²) in [5, 5.41) is 52.8. The van der Waals surface area contributed by atoms with Crippen LogP contribution in [-0.2, 0) is 18.9 Å². The Balaban J connectivity index is 1.44. The van der Waals surface area contributed by atoms with E-state index in [1.807, 2.05) is 0 Å². The maximum atomic E-state index is 11.2. The Labute approximate surface area is 215 Å². The molecule has 1 aliphatic carbocycles. The highest BCUT2D eigenvalue weighted by molar-refractivity contribution is 5.01. The summed E-state index contributed by atoms with van der Waals surface area (Å²) in [5.41, 5.74) is 28.2. The molecule has 0 amide bonds. The largest absolute Gasteiger partial charge is 0.388 e. The van der Waals surface area contributed by atoms with E-state index >= 15 is 0 Å². The summed E-state index contributed by atoms with van der Waals surface area (Å²) in [6.45, 7) is 1.98. The smallest absolute Gasteiger partial charge is 0.176 e. The van der Waals surface area contributed by atoms with Crippen LogP contribution in [0.4, 0.5) is 0 Å². The quantitative estimate of drug-likeness (QED) is 0.136. The molecule has 4 aliphatic rings. The van der Waals surface area contributed by atoms with Gasteiger partial charge in [-0.25, -0.2) is 0 Å². The van der Waals surface area contributed by atoms with Crippen LogP contribution < -0.4 is 28.7 Å². The Morgan fingerprint density at radius 1 is 0.865 bits per heavy atom. The van der Waals surface area contributed by atoms with Gasteiger partial charge in [-0.05, 0) is 32.4 Å². The van der Waals surface area contributed by atoms with Crippen LogP contribution >= 0.6 is 0 Å². The minimum atomic E-state index is -1.97. The molecular formula is C22H44N6O9. The Kier molecular flexibility index (Phi) is 9.43. The average molecular weight is 537 g/mol. The molecule has 0 unspecified atom stereocenters. The van der Waals surface area contributed by atoms with E-state index in [0.29, 0.717) is 6.54 Å². The van der Waals surface area contributed by atoms with Crippen LogP contribution in [0.3, 0.4) is 0 Å². The van der Waals surface area contributed by atoms with Crippen molar-refractivity contribution >= 4 is 0 Å². The first-order valence-corrected chi connectivity index (χ1v) is 13.0. The second-order valence-corrected chi connectivity index (χ2v) is 10.8. The van der Waals surface area contributed by atoms with Gasteiger partial charge in [0.15, 0.2) is 12.6 Å². The zero-order valence-corrected chi connectivity index (χ0v) is 20.9. The molecule has 0 spiro atoms. The fraction of sp³-hybridized carbons (Fsp3) is 1.00. The molecule has 0 aromatic rings. The van der Waals surface area contributed by atoms with Crippen LogP contribution in [0.25, 0.3) is 0 Å². The number of ether oxygens (including phenoxy) is 4. The highest BCUT2D eigenvalue weighted by atomic mass is 16.7. The van der Waals surface area contributed by atoms with Crippen LogP contribution in [0.2, 0.25) is 0 Å². The molecule has 3 saturated heterocycles. The first-order chi connectivity index (χ1) is 17.4.